The fourth-order valence-corrected chi connectivity index (χ4v) is 1.06. The number of alkyl halides is 3. The zero-order valence-electron chi connectivity index (χ0n) is 7.15. The van der Waals surface area contributed by atoms with Crippen LogP contribution in [0, 0.1) is 6.92 Å². The molecule has 0 nitrogen and oxygen atoms in total. The first-order valence-electron chi connectivity index (χ1n) is 3.75. The van der Waals surface area contributed by atoms with Crippen LogP contribution in [0.4, 0.5) is 13.2 Å². The van der Waals surface area contributed by atoms with Gasteiger partial charge in [-0.05, 0) is 18.1 Å². The van der Waals surface area contributed by atoms with Crippen molar-refractivity contribution in [3.63, 3.8) is 0 Å². The van der Waals surface area contributed by atoms with Crippen LogP contribution in [-0.4, -0.2) is 6.18 Å². The fraction of sp³-hybridized carbons (Fsp3) is 0.200. The molecule has 13 heavy (non-hydrogen) atoms. The van der Waals surface area contributed by atoms with E-state index in [4.69, 9.17) is 0 Å². The van der Waals surface area contributed by atoms with Crippen molar-refractivity contribution in [2.45, 2.75) is 13.1 Å². The van der Waals surface area contributed by atoms with Crippen LogP contribution >= 0.6 is 0 Å². The highest BCUT2D eigenvalue weighted by molar-refractivity contribution is 5.69. The van der Waals surface area contributed by atoms with E-state index < -0.39 is 11.7 Å². The van der Waals surface area contributed by atoms with E-state index in [1.54, 1.807) is 25.1 Å². The van der Waals surface area contributed by atoms with Gasteiger partial charge in [0.2, 0.25) is 0 Å². The summed E-state index contributed by atoms with van der Waals surface area (Å²) in [6.45, 7) is 4.66. The first kappa shape index (κ1) is 9.84. The third-order valence-corrected chi connectivity index (χ3v) is 1.81. The summed E-state index contributed by atoms with van der Waals surface area (Å²) in [7, 11) is 0. The molecule has 0 aliphatic carbocycles. The predicted molar refractivity (Wildman–Crippen MR) is 46.3 cm³/mol. The van der Waals surface area contributed by atoms with Crippen LogP contribution in [0.15, 0.2) is 30.8 Å². The molecule has 0 aliphatic rings. The molecule has 1 aromatic rings. The van der Waals surface area contributed by atoms with E-state index in [-0.39, 0.29) is 5.56 Å². The predicted octanol–water partition coefficient (Wildman–Crippen LogP) is 3.57. The number of halogens is 3. The molecule has 70 valence electrons. The van der Waals surface area contributed by atoms with Gasteiger partial charge in [0.1, 0.15) is 0 Å². The zero-order valence-corrected chi connectivity index (χ0v) is 7.15. The molecule has 0 bridgehead atoms. The number of benzene rings is 1. The number of aryl methyl sites for hydroxylation is 1. The van der Waals surface area contributed by atoms with Crippen LogP contribution < -0.4 is 0 Å². The molecule has 0 heterocycles. The molecule has 0 aliphatic heterocycles. The van der Waals surface area contributed by atoms with Gasteiger partial charge in [0.15, 0.2) is 0 Å². The Balaban J connectivity index is 3.10. The molecule has 0 unspecified atom stereocenters. The molecular formula is C10H9F3. The molecule has 0 N–H and O–H groups in total. The average Bonchev–Trinajstić information content (AvgIpc) is 2.02. The summed E-state index contributed by atoms with van der Waals surface area (Å²) in [5.74, 6) is 0. The molecule has 0 saturated carbocycles. The summed E-state index contributed by atoms with van der Waals surface area (Å²) in [6, 6.07) is 6.32. The van der Waals surface area contributed by atoms with Gasteiger partial charge in [-0.25, -0.2) is 0 Å². The summed E-state index contributed by atoms with van der Waals surface area (Å²) < 4.78 is 36.6. The third kappa shape index (κ3) is 2.11. The van der Waals surface area contributed by atoms with Gasteiger partial charge in [0.25, 0.3) is 0 Å². The molecule has 3 heteroatoms. The van der Waals surface area contributed by atoms with Gasteiger partial charge in [0, 0.05) is 0 Å². The van der Waals surface area contributed by atoms with Gasteiger partial charge in [-0.3, -0.25) is 0 Å². The second-order valence-corrected chi connectivity index (χ2v) is 2.79. The second kappa shape index (κ2) is 3.24. The fourth-order valence-electron chi connectivity index (χ4n) is 1.06. The number of hydrogen-bond donors (Lipinski definition) is 0. The topological polar surface area (TPSA) is 0 Å². The lowest BCUT2D eigenvalue weighted by Crippen LogP contribution is -2.10. The Morgan fingerprint density at radius 3 is 2.23 bits per heavy atom. The smallest absolute Gasteiger partial charge is 0.166 e. The van der Waals surface area contributed by atoms with E-state index >= 15 is 0 Å². The van der Waals surface area contributed by atoms with Crippen LogP contribution in [0.2, 0.25) is 0 Å². The standard InChI is InChI=1S/C10H9F3/c1-7-5-3-4-6-9(7)8(2)10(11,12)13/h3-6H,2H2,1H3. The Bertz CT molecular complexity index is 323. The molecule has 0 aromatic heterocycles. The highest BCUT2D eigenvalue weighted by Crippen LogP contribution is 2.33. The van der Waals surface area contributed by atoms with E-state index in [0.717, 1.165) is 0 Å². The SMILES string of the molecule is C=C(c1ccccc1C)C(F)(F)F. The monoisotopic (exact) mass is 186 g/mol. The van der Waals surface area contributed by atoms with E-state index in [0.29, 0.717) is 5.56 Å². The Labute approximate surface area is 74.7 Å². The minimum Gasteiger partial charge on any atom is -0.166 e. The van der Waals surface area contributed by atoms with Crippen molar-refractivity contribution in [3.05, 3.63) is 42.0 Å². The van der Waals surface area contributed by atoms with Crippen LogP contribution in [0.1, 0.15) is 11.1 Å². The van der Waals surface area contributed by atoms with Gasteiger partial charge in [-0.15, -0.1) is 0 Å². The van der Waals surface area contributed by atoms with Crippen molar-refractivity contribution in [3.8, 4) is 0 Å². The quantitative estimate of drug-likeness (QED) is 0.628. The Hall–Kier alpha value is -1.25. The maximum absolute atomic E-state index is 12.2. The van der Waals surface area contributed by atoms with E-state index in [9.17, 15) is 13.2 Å². The van der Waals surface area contributed by atoms with Gasteiger partial charge >= 0.3 is 6.18 Å². The summed E-state index contributed by atoms with van der Waals surface area (Å²) in [6.07, 6.45) is -4.34. The zero-order chi connectivity index (χ0) is 10.1. The maximum atomic E-state index is 12.2. The lowest BCUT2D eigenvalue weighted by molar-refractivity contribution is -0.0687. The maximum Gasteiger partial charge on any atom is 0.416 e. The molecular weight excluding hydrogens is 177 g/mol. The van der Waals surface area contributed by atoms with Gasteiger partial charge in [0.05, 0.1) is 5.57 Å². The van der Waals surface area contributed by atoms with Crippen molar-refractivity contribution in [1.82, 2.24) is 0 Å². The lowest BCUT2D eigenvalue weighted by Gasteiger charge is -2.11. The number of rotatable bonds is 1. The van der Waals surface area contributed by atoms with Gasteiger partial charge in [-0.2, -0.15) is 13.2 Å². The highest BCUT2D eigenvalue weighted by atomic mass is 19.4. The van der Waals surface area contributed by atoms with Crippen LogP contribution in [0.5, 0.6) is 0 Å². The third-order valence-electron chi connectivity index (χ3n) is 1.81. The van der Waals surface area contributed by atoms with Gasteiger partial charge < -0.3 is 0 Å². The van der Waals surface area contributed by atoms with Crippen LogP contribution in [0.25, 0.3) is 5.57 Å². The van der Waals surface area contributed by atoms with E-state index in [1.807, 2.05) is 0 Å². The second-order valence-electron chi connectivity index (χ2n) is 2.79. The lowest BCUT2D eigenvalue weighted by atomic mass is 10.0. The number of allylic oxidation sites excluding steroid dienone is 1. The molecule has 0 fully saturated rings. The van der Waals surface area contributed by atoms with Crippen molar-refractivity contribution in [1.29, 1.82) is 0 Å². The van der Waals surface area contributed by atoms with E-state index in [1.165, 1.54) is 6.07 Å². The first-order valence-corrected chi connectivity index (χ1v) is 3.75. The van der Waals surface area contributed by atoms with E-state index in [2.05, 4.69) is 6.58 Å². The Morgan fingerprint density at radius 1 is 1.23 bits per heavy atom. The van der Waals surface area contributed by atoms with Crippen LogP contribution in [0.3, 0.4) is 0 Å². The Kier molecular flexibility index (Phi) is 2.45. The van der Waals surface area contributed by atoms with Crippen molar-refractivity contribution < 1.29 is 13.2 Å². The van der Waals surface area contributed by atoms with Crippen molar-refractivity contribution in [2.24, 2.45) is 0 Å². The highest BCUT2D eigenvalue weighted by Gasteiger charge is 2.33. The summed E-state index contributed by atoms with van der Waals surface area (Å²) in [5.41, 5.74) is -0.0366. The van der Waals surface area contributed by atoms with Gasteiger partial charge in [-0.1, -0.05) is 30.8 Å². The largest absolute Gasteiger partial charge is 0.416 e. The summed E-state index contributed by atoms with van der Waals surface area (Å²) >= 11 is 0. The molecule has 1 aromatic carbocycles. The summed E-state index contributed by atoms with van der Waals surface area (Å²) in [4.78, 5) is 0. The summed E-state index contributed by atoms with van der Waals surface area (Å²) in [5, 5.41) is 0. The van der Waals surface area contributed by atoms with Crippen LogP contribution in [-0.2, 0) is 0 Å². The minimum atomic E-state index is -4.34. The van der Waals surface area contributed by atoms with Crippen molar-refractivity contribution >= 4 is 5.57 Å². The molecule has 0 amide bonds. The Morgan fingerprint density at radius 2 is 1.77 bits per heavy atom. The number of hydrogen-bond acceptors (Lipinski definition) is 0. The normalized spacial score (nSPS) is 11.4. The average molecular weight is 186 g/mol. The molecule has 1 rings (SSSR count). The minimum absolute atomic E-state index is 0.162. The molecule has 0 radical (unpaired) electrons. The molecule has 0 spiro atoms. The molecule has 0 saturated heterocycles. The molecule has 0 atom stereocenters. The first-order chi connectivity index (χ1) is 5.93. The van der Waals surface area contributed by atoms with Crippen molar-refractivity contribution in [2.75, 3.05) is 0 Å².